The van der Waals surface area contributed by atoms with Crippen molar-refractivity contribution in [3.05, 3.63) is 83.1 Å². The Hall–Kier alpha value is -3.19. The second kappa shape index (κ2) is 17.8. The highest BCUT2D eigenvalue weighted by Crippen LogP contribution is 2.42. The quantitative estimate of drug-likeness (QED) is 0.110. The Bertz CT molecular complexity index is 1630. The number of H-pyrrole nitrogens is 1. The van der Waals surface area contributed by atoms with Crippen molar-refractivity contribution >= 4 is 25.1 Å². The first-order valence-corrected chi connectivity index (χ1v) is 21.3. The molecule has 8 heteroatoms. The van der Waals surface area contributed by atoms with Gasteiger partial charge in [0, 0.05) is 35.1 Å². The van der Waals surface area contributed by atoms with Crippen LogP contribution >= 0.6 is 0 Å². The number of fused-ring (bicyclic) bond motifs is 1. The van der Waals surface area contributed by atoms with Crippen molar-refractivity contribution in [1.82, 2.24) is 15.4 Å². The zero-order valence-corrected chi connectivity index (χ0v) is 32.1. The average molecular weight is 698 g/mol. The molecule has 0 spiro atoms. The number of carbonyl (C=O) groups excluding carboxylic acids is 1. The molecule has 4 atom stereocenters. The average Bonchev–Trinajstić information content (AvgIpc) is 3.71. The maximum absolute atomic E-state index is 14.1. The molecule has 3 N–H and O–H groups in total. The topological polar surface area (TPSA) is 86.8 Å². The van der Waals surface area contributed by atoms with Gasteiger partial charge >= 0.3 is 0 Å². The molecule has 0 bridgehead atoms. The Morgan fingerprint density at radius 3 is 2.52 bits per heavy atom. The number of amides is 1. The summed E-state index contributed by atoms with van der Waals surface area (Å²) in [4.78, 5) is 24.1. The number of aromatic nitrogens is 1. The van der Waals surface area contributed by atoms with Gasteiger partial charge in [-0.05, 0) is 91.1 Å². The fourth-order valence-corrected chi connectivity index (χ4v) is 12.9. The van der Waals surface area contributed by atoms with Gasteiger partial charge in [-0.15, -0.1) is 0 Å². The normalized spacial score (nSPS) is 20.6. The minimum absolute atomic E-state index is 0.135. The van der Waals surface area contributed by atoms with Gasteiger partial charge < -0.3 is 19.8 Å². The van der Waals surface area contributed by atoms with E-state index < -0.39 is 26.4 Å². The van der Waals surface area contributed by atoms with E-state index in [1.807, 2.05) is 30.5 Å². The lowest BCUT2D eigenvalue weighted by Crippen LogP contribution is -2.51. The third-order valence-corrected chi connectivity index (χ3v) is 16.8. The number of hydrogen-bond acceptors (Lipinski definition) is 5. The molecule has 1 fully saturated rings. The van der Waals surface area contributed by atoms with Gasteiger partial charge in [-0.3, -0.25) is 9.63 Å². The zero-order chi connectivity index (χ0) is 35.7. The number of carbonyl (C=O) groups is 1. The standard InChI is InChI=1S/C42H59N3O4Si/c1-7-8-26-50(30(2)3,31(4)5)49-32(6)41-38(29-46)40(42(47)43-25-24-36-27-44-39-17-13-12-16-37(36)39)45(48-41)28-35-22-20-34(21-23-35)19-18-33-14-10-9-11-15-33/h12-14,16-17,20-23,27,30-32,38,40-41,44,46H,7-11,15,24-26,28-29H2,1-6H3,(H,43,47)/t32-,38-,40-,41+/m1/s1. The molecule has 2 aromatic carbocycles. The third kappa shape index (κ3) is 8.99. The largest absolute Gasteiger partial charge is 0.411 e. The first-order valence-electron chi connectivity index (χ1n) is 19.0. The lowest BCUT2D eigenvalue weighted by atomic mass is 9.92. The summed E-state index contributed by atoms with van der Waals surface area (Å²) in [5.41, 5.74) is 6.34. The number of aliphatic hydroxyl groups is 1. The van der Waals surface area contributed by atoms with Crippen LogP contribution in [0.2, 0.25) is 17.1 Å². The summed E-state index contributed by atoms with van der Waals surface area (Å²) < 4.78 is 7.19. The molecule has 2 heterocycles. The van der Waals surface area contributed by atoms with Gasteiger partial charge in [0.2, 0.25) is 5.91 Å². The predicted octanol–water partition coefficient (Wildman–Crippen LogP) is 8.44. The van der Waals surface area contributed by atoms with Gasteiger partial charge in [-0.1, -0.05) is 95.7 Å². The van der Waals surface area contributed by atoms with Gasteiger partial charge in [0.1, 0.15) is 12.1 Å². The molecule has 7 nitrogen and oxygen atoms in total. The summed E-state index contributed by atoms with van der Waals surface area (Å²) in [5, 5.41) is 17.0. The van der Waals surface area contributed by atoms with Crippen LogP contribution in [0.4, 0.5) is 0 Å². The Morgan fingerprint density at radius 2 is 1.84 bits per heavy atom. The van der Waals surface area contributed by atoms with E-state index in [1.54, 1.807) is 5.06 Å². The summed E-state index contributed by atoms with van der Waals surface area (Å²) in [6.45, 7) is 14.2. The molecule has 1 aromatic heterocycles. The van der Waals surface area contributed by atoms with Crippen LogP contribution in [0.15, 0.2) is 66.4 Å². The molecular weight excluding hydrogens is 639 g/mol. The lowest BCUT2D eigenvalue weighted by molar-refractivity contribution is -0.190. The number of aromatic amines is 1. The SMILES string of the molecule is CCCC[Si](O[C@H](C)[C@@H]1ON(Cc2ccc(C#CC3=CCCCC3)cc2)[C@@H](C(=O)NCCc2c[nH]c3ccccc23)[C@H]1CO)(C(C)C)C(C)C. The molecule has 0 saturated carbocycles. The Morgan fingerprint density at radius 1 is 1.08 bits per heavy atom. The van der Waals surface area contributed by atoms with Gasteiger partial charge in [-0.2, -0.15) is 5.06 Å². The zero-order valence-electron chi connectivity index (χ0n) is 31.1. The van der Waals surface area contributed by atoms with E-state index in [0.29, 0.717) is 30.6 Å². The number of allylic oxidation sites excluding steroid dienone is 2. The van der Waals surface area contributed by atoms with Gasteiger partial charge in [0.25, 0.3) is 0 Å². The third-order valence-electron chi connectivity index (χ3n) is 10.9. The molecule has 3 aromatic rings. The molecule has 1 amide bonds. The molecular formula is C42H59N3O4Si. The van der Waals surface area contributed by atoms with Gasteiger partial charge in [-0.25, -0.2) is 0 Å². The van der Waals surface area contributed by atoms with Crippen LogP contribution in [0.5, 0.6) is 0 Å². The molecule has 1 saturated heterocycles. The first-order chi connectivity index (χ1) is 24.2. The number of nitrogens with zero attached hydrogens (tertiary/aromatic N) is 1. The lowest BCUT2D eigenvalue weighted by Gasteiger charge is -2.42. The maximum Gasteiger partial charge on any atom is 0.240 e. The van der Waals surface area contributed by atoms with Crippen molar-refractivity contribution in [3.8, 4) is 11.8 Å². The highest BCUT2D eigenvalue weighted by Gasteiger charge is 2.52. The van der Waals surface area contributed by atoms with Crippen molar-refractivity contribution in [1.29, 1.82) is 0 Å². The highest BCUT2D eigenvalue weighted by atomic mass is 28.4. The van der Waals surface area contributed by atoms with E-state index >= 15 is 0 Å². The van der Waals surface area contributed by atoms with E-state index in [2.05, 4.69) is 94.0 Å². The molecule has 0 unspecified atom stereocenters. The van der Waals surface area contributed by atoms with E-state index in [1.165, 1.54) is 23.8 Å². The van der Waals surface area contributed by atoms with Crippen LogP contribution in [0.1, 0.15) is 96.8 Å². The van der Waals surface area contributed by atoms with Crippen LogP contribution in [-0.4, -0.2) is 60.8 Å². The molecule has 270 valence electrons. The Balaban J connectivity index is 1.35. The summed E-state index contributed by atoms with van der Waals surface area (Å²) in [6, 6.07) is 16.9. The summed E-state index contributed by atoms with van der Waals surface area (Å²) in [6.07, 6.45) is 11.2. The van der Waals surface area contributed by atoms with Crippen molar-refractivity contribution in [2.24, 2.45) is 5.92 Å². The molecule has 1 aliphatic carbocycles. The van der Waals surface area contributed by atoms with Crippen LogP contribution in [-0.2, 0) is 27.0 Å². The van der Waals surface area contributed by atoms with E-state index in [0.717, 1.165) is 53.9 Å². The molecule has 2 aliphatic rings. The van der Waals surface area contributed by atoms with Crippen molar-refractivity contribution in [2.45, 2.75) is 128 Å². The number of hydroxylamine groups is 2. The summed E-state index contributed by atoms with van der Waals surface area (Å²) in [5.74, 6) is 6.10. The smallest absolute Gasteiger partial charge is 0.240 e. The number of aliphatic hydroxyl groups excluding tert-OH is 1. The molecule has 0 radical (unpaired) electrons. The highest BCUT2D eigenvalue weighted by molar-refractivity contribution is 6.76. The van der Waals surface area contributed by atoms with Crippen molar-refractivity contribution in [3.63, 3.8) is 0 Å². The van der Waals surface area contributed by atoms with Crippen molar-refractivity contribution < 1.29 is 19.2 Å². The van der Waals surface area contributed by atoms with Gasteiger partial charge in [0.05, 0.1) is 19.3 Å². The maximum atomic E-state index is 14.1. The number of rotatable bonds is 15. The minimum atomic E-state index is -2.19. The predicted molar refractivity (Wildman–Crippen MR) is 206 cm³/mol. The van der Waals surface area contributed by atoms with Crippen molar-refractivity contribution in [2.75, 3.05) is 13.2 Å². The monoisotopic (exact) mass is 697 g/mol. The molecule has 5 rings (SSSR count). The van der Waals surface area contributed by atoms with Crippen LogP contribution in [0.3, 0.4) is 0 Å². The van der Waals surface area contributed by atoms with Crippen LogP contribution < -0.4 is 5.32 Å². The van der Waals surface area contributed by atoms with Crippen LogP contribution in [0.25, 0.3) is 10.9 Å². The fraction of sp³-hybridized carbons (Fsp3) is 0.548. The van der Waals surface area contributed by atoms with Crippen LogP contribution in [0, 0.1) is 17.8 Å². The second-order valence-corrected chi connectivity index (χ2v) is 19.9. The minimum Gasteiger partial charge on any atom is -0.411 e. The Labute approximate surface area is 301 Å². The first kappa shape index (κ1) is 38.0. The van der Waals surface area contributed by atoms with E-state index in [-0.39, 0.29) is 18.6 Å². The number of hydrogen-bond donors (Lipinski definition) is 3. The van der Waals surface area contributed by atoms with Gasteiger partial charge in [0.15, 0.2) is 8.32 Å². The second-order valence-electron chi connectivity index (χ2n) is 14.9. The number of unbranched alkanes of at least 4 members (excludes halogenated alkanes) is 1. The molecule has 50 heavy (non-hydrogen) atoms. The summed E-state index contributed by atoms with van der Waals surface area (Å²) in [7, 11) is -2.19. The number of benzene rings is 2. The number of nitrogens with one attached hydrogen (secondary N) is 2. The van der Waals surface area contributed by atoms with E-state index in [4.69, 9.17) is 9.26 Å². The van der Waals surface area contributed by atoms with E-state index in [9.17, 15) is 9.90 Å². The number of para-hydroxylation sites is 1. The Kier molecular flexibility index (Phi) is 13.6. The summed E-state index contributed by atoms with van der Waals surface area (Å²) >= 11 is 0. The fourth-order valence-electron chi connectivity index (χ4n) is 7.97. The molecule has 1 aliphatic heterocycles.